The third kappa shape index (κ3) is 8.53. The number of halogens is 5. The van der Waals surface area contributed by atoms with Crippen LogP contribution >= 0.6 is 11.8 Å². The molecule has 0 N–H and O–H groups in total. The molecule has 2 aromatic carbocycles. The molecule has 3 rings (SSSR count). The van der Waals surface area contributed by atoms with E-state index < -0.39 is 18.5 Å². The van der Waals surface area contributed by atoms with Crippen LogP contribution in [0.4, 0.5) is 22.0 Å². The first-order valence-electron chi connectivity index (χ1n) is 14.4. The molecule has 0 fully saturated rings. The number of thioether (sulfide) groups is 1. The standard InChI is InChI=1S/C32H43F5O2S/c1-30(24-15-17-25(38-2)18-16-24)23-40-29-22-26(39-3)19-20-27(29)28(30)14-12-10-8-6-4-5-7-9-11-13-21-31(33,34)32(35,36)37/h15-20,22,28H,4-14,21,23H2,1-3H3. The van der Waals surface area contributed by atoms with Gasteiger partial charge in [-0.2, -0.15) is 22.0 Å². The summed E-state index contributed by atoms with van der Waals surface area (Å²) in [6.07, 6.45) is 3.13. The fraction of sp³-hybridized carbons (Fsp3) is 0.625. The maximum absolute atomic E-state index is 13.0. The van der Waals surface area contributed by atoms with Gasteiger partial charge in [0.25, 0.3) is 0 Å². The van der Waals surface area contributed by atoms with Gasteiger partial charge in [-0.15, -0.1) is 11.8 Å². The van der Waals surface area contributed by atoms with E-state index in [0.717, 1.165) is 68.6 Å². The maximum atomic E-state index is 13.0. The second-order valence-corrected chi connectivity index (χ2v) is 12.2. The van der Waals surface area contributed by atoms with Crippen molar-refractivity contribution in [3.05, 3.63) is 53.6 Å². The fourth-order valence-corrected chi connectivity index (χ4v) is 7.11. The smallest absolute Gasteiger partial charge is 0.453 e. The molecule has 2 aromatic rings. The van der Waals surface area contributed by atoms with Crippen LogP contribution in [-0.2, 0) is 5.41 Å². The largest absolute Gasteiger partial charge is 0.497 e. The Kier molecular flexibility index (Phi) is 12.0. The van der Waals surface area contributed by atoms with Crippen LogP contribution in [0.3, 0.4) is 0 Å². The van der Waals surface area contributed by atoms with Crippen LogP contribution in [0, 0.1) is 0 Å². The first kappa shape index (κ1) is 32.6. The molecule has 0 radical (unpaired) electrons. The van der Waals surface area contributed by atoms with Crippen LogP contribution in [0.1, 0.15) is 101 Å². The Morgan fingerprint density at radius 3 is 1.82 bits per heavy atom. The Labute approximate surface area is 240 Å². The Morgan fingerprint density at radius 1 is 0.750 bits per heavy atom. The van der Waals surface area contributed by atoms with Crippen molar-refractivity contribution in [1.82, 2.24) is 0 Å². The first-order chi connectivity index (χ1) is 19.0. The van der Waals surface area contributed by atoms with Crippen molar-refractivity contribution < 1.29 is 31.4 Å². The number of ether oxygens (including phenoxy) is 2. The highest BCUT2D eigenvalue weighted by Crippen LogP contribution is 2.52. The van der Waals surface area contributed by atoms with Crippen LogP contribution in [0.2, 0.25) is 0 Å². The molecule has 0 saturated carbocycles. The Balaban J connectivity index is 1.43. The Bertz CT molecular complexity index is 1040. The van der Waals surface area contributed by atoms with Crippen molar-refractivity contribution in [2.75, 3.05) is 20.0 Å². The van der Waals surface area contributed by atoms with Crippen LogP contribution in [0.25, 0.3) is 0 Å². The first-order valence-corrected chi connectivity index (χ1v) is 15.4. The SMILES string of the molecule is COc1ccc(C2(C)CSc3cc(OC)ccc3C2CCCCCCCCCCCCC(F)(F)C(F)(F)F)cc1. The van der Waals surface area contributed by atoms with Gasteiger partial charge in [0, 0.05) is 22.5 Å². The molecule has 0 saturated heterocycles. The van der Waals surface area contributed by atoms with Crippen molar-refractivity contribution >= 4 is 11.8 Å². The van der Waals surface area contributed by atoms with Gasteiger partial charge in [-0.3, -0.25) is 0 Å². The molecule has 0 spiro atoms. The molecule has 0 bridgehead atoms. The maximum Gasteiger partial charge on any atom is 0.453 e. The van der Waals surface area contributed by atoms with Gasteiger partial charge in [-0.1, -0.05) is 82.9 Å². The van der Waals surface area contributed by atoms with Crippen molar-refractivity contribution in [3.63, 3.8) is 0 Å². The molecule has 40 heavy (non-hydrogen) atoms. The highest BCUT2D eigenvalue weighted by atomic mass is 32.2. The van der Waals surface area contributed by atoms with E-state index in [1.807, 2.05) is 23.9 Å². The zero-order valence-electron chi connectivity index (χ0n) is 23.9. The second-order valence-electron chi connectivity index (χ2n) is 11.2. The minimum absolute atomic E-state index is 0.00257. The summed E-state index contributed by atoms with van der Waals surface area (Å²) < 4.78 is 73.4. The molecule has 0 aromatic heterocycles. The Hall–Kier alpha value is -1.96. The minimum Gasteiger partial charge on any atom is -0.497 e. The van der Waals surface area contributed by atoms with E-state index in [4.69, 9.17) is 9.47 Å². The summed E-state index contributed by atoms with van der Waals surface area (Å²) in [6, 6.07) is 14.9. The molecule has 8 heteroatoms. The average Bonchev–Trinajstić information content (AvgIpc) is 2.93. The van der Waals surface area contributed by atoms with Gasteiger partial charge < -0.3 is 9.47 Å². The highest BCUT2D eigenvalue weighted by molar-refractivity contribution is 7.99. The number of fused-ring (bicyclic) bond motifs is 1. The van der Waals surface area contributed by atoms with E-state index in [-0.39, 0.29) is 11.8 Å². The van der Waals surface area contributed by atoms with Crippen LogP contribution in [-0.4, -0.2) is 32.1 Å². The van der Waals surface area contributed by atoms with E-state index in [0.29, 0.717) is 18.8 Å². The molecule has 1 aliphatic rings. The van der Waals surface area contributed by atoms with Crippen molar-refractivity contribution in [2.24, 2.45) is 0 Å². The number of benzene rings is 2. The number of methoxy groups -OCH3 is 2. The van der Waals surface area contributed by atoms with Crippen molar-refractivity contribution in [1.29, 1.82) is 0 Å². The lowest BCUT2D eigenvalue weighted by molar-refractivity contribution is -0.284. The van der Waals surface area contributed by atoms with E-state index >= 15 is 0 Å². The predicted molar refractivity (Wildman–Crippen MR) is 153 cm³/mol. The predicted octanol–water partition coefficient (Wildman–Crippen LogP) is 10.7. The molecule has 1 heterocycles. The molecule has 2 unspecified atom stereocenters. The topological polar surface area (TPSA) is 18.5 Å². The van der Waals surface area contributed by atoms with E-state index in [1.54, 1.807) is 14.2 Å². The third-order valence-electron chi connectivity index (χ3n) is 8.29. The number of unbranched alkanes of at least 4 members (excludes halogenated alkanes) is 9. The van der Waals surface area contributed by atoms with Gasteiger partial charge in [-0.05, 0) is 54.2 Å². The van der Waals surface area contributed by atoms with Gasteiger partial charge >= 0.3 is 12.1 Å². The summed E-state index contributed by atoms with van der Waals surface area (Å²) in [6.45, 7) is 2.38. The summed E-state index contributed by atoms with van der Waals surface area (Å²) in [7, 11) is 3.39. The quantitative estimate of drug-likeness (QED) is 0.144. The summed E-state index contributed by atoms with van der Waals surface area (Å²) >= 11 is 1.90. The number of alkyl halides is 5. The molecular formula is C32H43F5O2S. The molecule has 0 amide bonds. The Morgan fingerprint density at radius 2 is 1.27 bits per heavy atom. The van der Waals surface area contributed by atoms with Crippen LogP contribution in [0.15, 0.2) is 47.4 Å². The zero-order chi connectivity index (χ0) is 29.2. The van der Waals surface area contributed by atoms with E-state index in [1.165, 1.54) is 16.0 Å². The minimum atomic E-state index is -5.44. The van der Waals surface area contributed by atoms with E-state index in [9.17, 15) is 22.0 Å². The normalized spacial score (nSPS) is 19.4. The molecule has 1 aliphatic heterocycles. The molecule has 224 valence electrons. The lowest BCUT2D eigenvalue weighted by Crippen LogP contribution is -2.36. The van der Waals surface area contributed by atoms with Crippen LogP contribution in [0.5, 0.6) is 11.5 Å². The monoisotopic (exact) mass is 586 g/mol. The summed E-state index contributed by atoms with van der Waals surface area (Å²) in [5, 5.41) is 0. The number of rotatable bonds is 16. The number of hydrogen-bond donors (Lipinski definition) is 0. The highest BCUT2D eigenvalue weighted by Gasteiger charge is 2.56. The van der Waals surface area contributed by atoms with Gasteiger partial charge in [0.2, 0.25) is 0 Å². The van der Waals surface area contributed by atoms with E-state index in [2.05, 4.69) is 37.3 Å². The van der Waals surface area contributed by atoms with Gasteiger partial charge in [0.05, 0.1) is 14.2 Å². The third-order valence-corrected chi connectivity index (χ3v) is 9.70. The fourth-order valence-electron chi connectivity index (χ4n) is 5.71. The van der Waals surface area contributed by atoms with Gasteiger partial charge in [-0.25, -0.2) is 0 Å². The van der Waals surface area contributed by atoms with Gasteiger partial charge in [0.1, 0.15) is 11.5 Å². The number of hydrogen-bond acceptors (Lipinski definition) is 3. The van der Waals surface area contributed by atoms with Crippen molar-refractivity contribution in [2.45, 2.75) is 112 Å². The second kappa shape index (κ2) is 14.8. The summed E-state index contributed by atoms with van der Waals surface area (Å²) in [5.41, 5.74) is 2.72. The van der Waals surface area contributed by atoms with Gasteiger partial charge in [0.15, 0.2) is 0 Å². The lowest BCUT2D eigenvalue weighted by Gasteiger charge is -2.43. The molecular weight excluding hydrogens is 543 g/mol. The summed E-state index contributed by atoms with van der Waals surface area (Å²) in [4.78, 5) is 1.30. The lowest BCUT2D eigenvalue weighted by atomic mass is 9.68. The molecule has 2 atom stereocenters. The average molecular weight is 587 g/mol. The zero-order valence-corrected chi connectivity index (χ0v) is 24.7. The molecule has 0 aliphatic carbocycles. The van der Waals surface area contributed by atoms with Crippen molar-refractivity contribution in [3.8, 4) is 11.5 Å². The van der Waals surface area contributed by atoms with Crippen LogP contribution < -0.4 is 9.47 Å². The summed E-state index contributed by atoms with van der Waals surface area (Å²) in [5.74, 6) is -1.42. The molecule has 2 nitrogen and oxygen atoms in total.